The van der Waals surface area contributed by atoms with E-state index >= 15 is 0 Å². The van der Waals surface area contributed by atoms with Gasteiger partial charge in [0.05, 0.1) is 17.6 Å². The summed E-state index contributed by atoms with van der Waals surface area (Å²) in [6.07, 6.45) is 7.08. The van der Waals surface area contributed by atoms with Crippen LogP contribution in [-0.2, 0) is 31.2 Å². The van der Waals surface area contributed by atoms with E-state index in [1.54, 1.807) is 11.1 Å². The average molecular weight is 368 g/mol. The molecule has 1 fully saturated rings. The van der Waals surface area contributed by atoms with Gasteiger partial charge in [0.15, 0.2) is 0 Å². The fraction of sp³-hybridized carbons (Fsp3) is 0.526. The van der Waals surface area contributed by atoms with Crippen molar-refractivity contribution in [3.63, 3.8) is 0 Å². The number of nitrogens with one attached hydrogen (secondary N) is 1. The Morgan fingerprint density at radius 1 is 1.26 bits per heavy atom. The molecule has 0 saturated heterocycles. The molecule has 2 aliphatic rings. The molecule has 3 heterocycles. The zero-order valence-corrected chi connectivity index (χ0v) is 15.7. The van der Waals surface area contributed by atoms with Crippen molar-refractivity contribution in [3.8, 4) is 0 Å². The van der Waals surface area contributed by atoms with E-state index in [0.717, 1.165) is 41.9 Å². The number of carbonyl (C=O) groups excluding carboxylic acids is 2. The van der Waals surface area contributed by atoms with Gasteiger partial charge in [0.25, 0.3) is 5.91 Å². The number of amides is 2. The van der Waals surface area contributed by atoms with Gasteiger partial charge in [0.2, 0.25) is 5.91 Å². The number of carbonyl (C=O) groups is 2. The first kappa shape index (κ1) is 17.6. The molecule has 0 spiro atoms. The van der Waals surface area contributed by atoms with Crippen molar-refractivity contribution in [2.24, 2.45) is 7.05 Å². The molecule has 0 radical (unpaired) electrons. The topological polar surface area (TPSA) is 93.0 Å². The molecule has 0 aromatic carbocycles. The molecule has 1 saturated carbocycles. The van der Waals surface area contributed by atoms with Gasteiger partial charge in [-0.25, -0.2) is 4.98 Å². The minimum absolute atomic E-state index is 0.0792. The Kier molecular flexibility index (Phi) is 4.63. The Labute approximate surface area is 158 Å². The highest BCUT2D eigenvalue weighted by atomic mass is 16.2. The van der Waals surface area contributed by atoms with Crippen LogP contribution in [0.3, 0.4) is 0 Å². The van der Waals surface area contributed by atoms with Crippen molar-refractivity contribution in [2.75, 3.05) is 6.54 Å². The molecule has 8 heteroatoms. The molecule has 2 aromatic heterocycles. The fourth-order valence-electron chi connectivity index (χ4n) is 3.47. The minimum atomic E-state index is -0.116. The van der Waals surface area contributed by atoms with Crippen LogP contribution < -0.4 is 5.32 Å². The zero-order chi connectivity index (χ0) is 19.0. The van der Waals surface area contributed by atoms with Gasteiger partial charge in [-0.2, -0.15) is 5.10 Å². The molecule has 1 aliphatic carbocycles. The summed E-state index contributed by atoms with van der Waals surface area (Å²) in [6.45, 7) is 2.97. The standard InChI is InChI=1S/C19H24N6O2/c1-12-9-21-16(10-20-12)19(27)25-8-7-17-14(11-25)15(23-24(17)2)5-6-18(26)22-13-3-4-13/h9-10,13H,3-8,11H2,1-2H3,(H,22,26). The van der Waals surface area contributed by atoms with Crippen molar-refractivity contribution < 1.29 is 9.59 Å². The normalized spacial score (nSPS) is 16.1. The lowest BCUT2D eigenvalue weighted by atomic mass is 10.0. The van der Waals surface area contributed by atoms with E-state index in [4.69, 9.17) is 0 Å². The highest BCUT2D eigenvalue weighted by Gasteiger charge is 2.28. The third-order valence-electron chi connectivity index (χ3n) is 5.14. The van der Waals surface area contributed by atoms with Crippen LogP contribution in [0.25, 0.3) is 0 Å². The van der Waals surface area contributed by atoms with Crippen LogP contribution in [0.4, 0.5) is 0 Å². The van der Waals surface area contributed by atoms with E-state index < -0.39 is 0 Å². The summed E-state index contributed by atoms with van der Waals surface area (Å²) in [6, 6.07) is 0.374. The van der Waals surface area contributed by atoms with E-state index in [9.17, 15) is 9.59 Å². The lowest BCUT2D eigenvalue weighted by Gasteiger charge is -2.27. The van der Waals surface area contributed by atoms with Crippen molar-refractivity contribution in [1.29, 1.82) is 0 Å². The van der Waals surface area contributed by atoms with Crippen LogP contribution in [0.5, 0.6) is 0 Å². The highest BCUT2D eigenvalue weighted by molar-refractivity contribution is 5.92. The number of hydrogen-bond acceptors (Lipinski definition) is 5. The van der Waals surface area contributed by atoms with Gasteiger partial charge in [0.1, 0.15) is 5.69 Å². The monoisotopic (exact) mass is 368 g/mol. The van der Waals surface area contributed by atoms with Crippen LogP contribution in [0.1, 0.15) is 52.4 Å². The summed E-state index contributed by atoms with van der Waals surface area (Å²) in [5, 5.41) is 7.62. The molecule has 4 rings (SSSR count). The third kappa shape index (κ3) is 3.84. The molecule has 1 N–H and O–H groups in total. The summed E-state index contributed by atoms with van der Waals surface area (Å²) in [4.78, 5) is 34.9. The molecule has 0 atom stereocenters. The van der Waals surface area contributed by atoms with E-state index in [2.05, 4.69) is 20.4 Å². The van der Waals surface area contributed by atoms with Crippen LogP contribution in [-0.4, -0.2) is 49.0 Å². The van der Waals surface area contributed by atoms with Gasteiger partial charge in [0, 0.05) is 62.9 Å². The molecular weight excluding hydrogens is 344 g/mol. The SMILES string of the molecule is Cc1cnc(C(=O)N2CCc3c(c(CCC(=O)NC4CC4)nn3C)C2)cn1. The number of nitrogens with zero attached hydrogens (tertiary/aromatic N) is 5. The van der Waals surface area contributed by atoms with Crippen molar-refractivity contribution in [3.05, 3.63) is 40.7 Å². The quantitative estimate of drug-likeness (QED) is 0.847. The molecule has 142 valence electrons. The summed E-state index contributed by atoms with van der Waals surface area (Å²) >= 11 is 0. The second kappa shape index (κ2) is 7.09. The lowest BCUT2D eigenvalue weighted by Crippen LogP contribution is -2.37. The van der Waals surface area contributed by atoms with Crippen molar-refractivity contribution >= 4 is 11.8 Å². The second-order valence-electron chi connectivity index (χ2n) is 7.36. The Hall–Kier alpha value is -2.77. The number of aromatic nitrogens is 4. The molecule has 0 bridgehead atoms. The first-order valence-electron chi connectivity index (χ1n) is 9.42. The van der Waals surface area contributed by atoms with Crippen LogP contribution in [0.15, 0.2) is 12.4 Å². The molecule has 27 heavy (non-hydrogen) atoms. The molecule has 2 aromatic rings. The summed E-state index contributed by atoms with van der Waals surface area (Å²) in [5.74, 6) is -0.0370. The molecule has 0 unspecified atom stereocenters. The van der Waals surface area contributed by atoms with E-state index in [1.165, 1.54) is 6.20 Å². The molecule has 8 nitrogen and oxygen atoms in total. The summed E-state index contributed by atoms with van der Waals surface area (Å²) in [5.41, 5.74) is 4.26. The van der Waals surface area contributed by atoms with Gasteiger partial charge < -0.3 is 10.2 Å². The summed E-state index contributed by atoms with van der Waals surface area (Å²) < 4.78 is 1.89. The highest BCUT2D eigenvalue weighted by Crippen LogP contribution is 2.24. The molecular formula is C19H24N6O2. The van der Waals surface area contributed by atoms with Gasteiger partial charge in [-0.3, -0.25) is 19.3 Å². The lowest BCUT2D eigenvalue weighted by molar-refractivity contribution is -0.121. The Morgan fingerprint density at radius 2 is 2.07 bits per heavy atom. The van der Waals surface area contributed by atoms with E-state index in [-0.39, 0.29) is 11.8 Å². The predicted octanol–water partition coefficient (Wildman–Crippen LogP) is 0.928. The molecule has 2 amide bonds. The van der Waals surface area contributed by atoms with Crippen LogP contribution in [0.2, 0.25) is 0 Å². The Morgan fingerprint density at radius 3 is 2.78 bits per heavy atom. The Bertz CT molecular complexity index is 869. The first-order valence-corrected chi connectivity index (χ1v) is 9.42. The zero-order valence-electron chi connectivity index (χ0n) is 15.7. The number of hydrogen-bond donors (Lipinski definition) is 1. The maximum atomic E-state index is 12.8. The van der Waals surface area contributed by atoms with Gasteiger partial charge in [-0.15, -0.1) is 0 Å². The van der Waals surface area contributed by atoms with E-state index in [0.29, 0.717) is 37.7 Å². The number of aryl methyl sites for hydroxylation is 3. The second-order valence-corrected chi connectivity index (χ2v) is 7.36. The smallest absolute Gasteiger partial charge is 0.274 e. The van der Waals surface area contributed by atoms with Crippen molar-refractivity contribution in [2.45, 2.75) is 51.6 Å². The van der Waals surface area contributed by atoms with Gasteiger partial charge in [-0.05, 0) is 19.8 Å². The maximum absolute atomic E-state index is 12.8. The van der Waals surface area contributed by atoms with Crippen molar-refractivity contribution in [1.82, 2.24) is 30.0 Å². The molecule has 1 aliphatic heterocycles. The van der Waals surface area contributed by atoms with Crippen LogP contribution in [0, 0.1) is 6.92 Å². The number of fused-ring (bicyclic) bond motifs is 1. The largest absolute Gasteiger partial charge is 0.353 e. The average Bonchev–Trinajstić information content (AvgIpc) is 3.42. The van der Waals surface area contributed by atoms with Crippen LogP contribution >= 0.6 is 0 Å². The third-order valence-corrected chi connectivity index (χ3v) is 5.14. The Balaban J connectivity index is 1.46. The van der Waals surface area contributed by atoms with Gasteiger partial charge in [-0.1, -0.05) is 0 Å². The summed E-state index contributed by atoms with van der Waals surface area (Å²) in [7, 11) is 1.93. The minimum Gasteiger partial charge on any atom is -0.353 e. The number of rotatable bonds is 5. The fourth-order valence-corrected chi connectivity index (χ4v) is 3.47. The van der Waals surface area contributed by atoms with Gasteiger partial charge >= 0.3 is 0 Å². The predicted molar refractivity (Wildman–Crippen MR) is 97.9 cm³/mol. The maximum Gasteiger partial charge on any atom is 0.274 e. The first-order chi connectivity index (χ1) is 13.0. The van der Waals surface area contributed by atoms with E-state index in [1.807, 2.05) is 18.7 Å².